The van der Waals surface area contributed by atoms with Crippen LogP contribution in [0.5, 0.6) is 5.75 Å². The highest BCUT2D eigenvalue weighted by Gasteiger charge is 2.48. The van der Waals surface area contributed by atoms with Crippen molar-refractivity contribution in [3.8, 4) is 5.75 Å². The molecule has 0 bridgehead atoms. The van der Waals surface area contributed by atoms with Crippen LogP contribution in [-0.2, 0) is 16.1 Å². The van der Waals surface area contributed by atoms with E-state index in [-0.39, 0.29) is 17.9 Å². The zero-order chi connectivity index (χ0) is 23.1. The number of carbonyl (C=O) groups is 2. The summed E-state index contributed by atoms with van der Waals surface area (Å²) in [4.78, 5) is 31.3. The van der Waals surface area contributed by atoms with Gasteiger partial charge in [-0.3, -0.25) is 9.59 Å². The van der Waals surface area contributed by atoms with Gasteiger partial charge in [0.15, 0.2) is 0 Å². The van der Waals surface area contributed by atoms with Crippen LogP contribution >= 0.6 is 0 Å². The van der Waals surface area contributed by atoms with Gasteiger partial charge in [-0.05, 0) is 37.3 Å². The minimum Gasteiger partial charge on any atom is -0.507 e. The van der Waals surface area contributed by atoms with Crippen LogP contribution in [0.3, 0.4) is 0 Å². The second-order valence-corrected chi connectivity index (χ2v) is 7.92. The zero-order valence-electron chi connectivity index (χ0n) is 18.2. The largest absolute Gasteiger partial charge is 0.507 e. The number of nitrogens with one attached hydrogen (secondary N) is 1. The Morgan fingerprint density at radius 2 is 1.85 bits per heavy atom. The molecule has 0 saturated carbocycles. The quantitative estimate of drug-likeness (QED) is 0.265. The van der Waals surface area contributed by atoms with Crippen molar-refractivity contribution in [1.82, 2.24) is 9.88 Å². The molecule has 1 fully saturated rings. The van der Waals surface area contributed by atoms with Gasteiger partial charge < -0.3 is 24.1 Å². The summed E-state index contributed by atoms with van der Waals surface area (Å²) in [5, 5.41) is 12.2. The highest BCUT2D eigenvalue weighted by atomic mass is 16.5. The summed E-state index contributed by atoms with van der Waals surface area (Å²) in [6, 6.07) is 17.2. The molecule has 2 N–H and O–H groups in total. The molecule has 2 aromatic heterocycles. The number of benzene rings is 2. The van der Waals surface area contributed by atoms with E-state index in [0.717, 1.165) is 22.2 Å². The van der Waals surface area contributed by atoms with Gasteiger partial charge in [0.1, 0.15) is 17.3 Å². The van der Waals surface area contributed by atoms with E-state index in [1.807, 2.05) is 31.2 Å². The van der Waals surface area contributed by atoms with Gasteiger partial charge in [0.2, 0.25) is 0 Å². The SMILES string of the molecule is COc1ccccc1/C(O)=C1\C(=O)C(=O)N(Cc2ccco2)C1c1c(C)[nH]c2ccccc12. The average Bonchev–Trinajstić information content (AvgIpc) is 3.52. The van der Waals surface area contributed by atoms with Crippen molar-refractivity contribution in [1.29, 1.82) is 0 Å². The molecule has 1 aliphatic heterocycles. The molecule has 1 aliphatic rings. The van der Waals surface area contributed by atoms with E-state index in [1.54, 1.807) is 36.4 Å². The van der Waals surface area contributed by atoms with Crippen LogP contribution in [0.25, 0.3) is 16.7 Å². The second kappa shape index (κ2) is 8.02. The number of Topliss-reactive ketones (excluding diaryl/α,β-unsaturated/α-hetero) is 1. The average molecular weight is 442 g/mol. The number of rotatable bonds is 5. The molecule has 0 aliphatic carbocycles. The van der Waals surface area contributed by atoms with Gasteiger partial charge in [-0.1, -0.05) is 30.3 Å². The number of H-pyrrole nitrogens is 1. The molecular weight excluding hydrogens is 420 g/mol. The molecule has 2 aromatic carbocycles. The number of nitrogens with zero attached hydrogens (tertiary/aromatic N) is 1. The lowest BCUT2D eigenvalue weighted by Gasteiger charge is -2.25. The van der Waals surface area contributed by atoms with Crippen LogP contribution in [0.15, 0.2) is 76.9 Å². The van der Waals surface area contributed by atoms with Gasteiger partial charge >= 0.3 is 0 Å². The lowest BCUT2D eigenvalue weighted by molar-refractivity contribution is -0.140. The number of aliphatic hydroxyl groups excluding tert-OH is 1. The Morgan fingerprint density at radius 1 is 1.09 bits per heavy atom. The van der Waals surface area contributed by atoms with Crippen LogP contribution in [0.1, 0.15) is 28.6 Å². The van der Waals surface area contributed by atoms with Crippen LogP contribution < -0.4 is 4.74 Å². The van der Waals surface area contributed by atoms with Crippen LogP contribution in [0.2, 0.25) is 0 Å². The maximum Gasteiger partial charge on any atom is 0.296 e. The smallest absolute Gasteiger partial charge is 0.296 e. The first kappa shape index (κ1) is 20.6. The Labute approximate surface area is 189 Å². The number of aromatic amines is 1. The highest BCUT2D eigenvalue weighted by Crippen LogP contribution is 2.44. The number of likely N-dealkylation sites (tertiary alicyclic amines) is 1. The summed E-state index contributed by atoms with van der Waals surface area (Å²) in [6.45, 7) is 1.98. The third kappa shape index (κ3) is 3.29. The van der Waals surface area contributed by atoms with E-state index in [0.29, 0.717) is 17.1 Å². The van der Waals surface area contributed by atoms with Gasteiger partial charge in [-0.2, -0.15) is 0 Å². The molecule has 166 valence electrons. The number of hydrogen-bond acceptors (Lipinski definition) is 5. The number of aryl methyl sites for hydroxylation is 1. The number of hydrogen-bond donors (Lipinski definition) is 2. The Hall–Kier alpha value is -4.26. The van der Waals surface area contributed by atoms with E-state index in [9.17, 15) is 14.7 Å². The summed E-state index contributed by atoms with van der Waals surface area (Å²) in [7, 11) is 1.49. The van der Waals surface area contributed by atoms with Crippen molar-refractivity contribution in [3.05, 3.63) is 95.1 Å². The number of para-hydroxylation sites is 2. The molecule has 1 unspecified atom stereocenters. The molecule has 1 amide bonds. The van der Waals surface area contributed by atoms with Crippen LogP contribution in [0, 0.1) is 6.92 Å². The molecule has 0 spiro atoms. The first-order valence-corrected chi connectivity index (χ1v) is 10.5. The molecule has 1 atom stereocenters. The monoisotopic (exact) mass is 442 g/mol. The maximum atomic E-state index is 13.3. The Kier molecular flexibility index (Phi) is 5.01. The van der Waals surface area contributed by atoms with E-state index >= 15 is 0 Å². The van der Waals surface area contributed by atoms with E-state index in [1.165, 1.54) is 18.3 Å². The van der Waals surface area contributed by atoms with Crippen molar-refractivity contribution in [3.63, 3.8) is 0 Å². The fraction of sp³-hybridized carbons (Fsp3) is 0.154. The zero-order valence-corrected chi connectivity index (χ0v) is 18.2. The normalized spacial score (nSPS) is 17.8. The number of aliphatic hydroxyl groups is 1. The van der Waals surface area contributed by atoms with E-state index in [2.05, 4.69) is 4.98 Å². The molecule has 3 heterocycles. The summed E-state index contributed by atoms with van der Waals surface area (Å²) in [5.41, 5.74) is 2.81. The number of aromatic nitrogens is 1. The summed E-state index contributed by atoms with van der Waals surface area (Å²) in [5.74, 6) is -0.780. The summed E-state index contributed by atoms with van der Waals surface area (Å²) < 4.78 is 10.9. The third-order valence-corrected chi connectivity index (χ3v) is 6.03. The number of ketones is 1. The Bertz CT molecular complexity index is 1400. The number of amides is 1. The van der Waals surface area contributed by atoms with Crippen molar-refractivity contribution in [2.75, 3.05) is 7.11 Å². The van der Waals surface area contributed by atoms with E-state index < -0.39 is 17.7 Å². The minimum absolute atomic E-state index is 0.0175. The van der Waals surface area contributed by atoms with Crippen LogP contribution in [-0.4, -0.2) is 33.8 Å². The van der Waals surface area contributed by atoms with Gasteiger partial charge in [0.05, 0.1) is 37.1 Å². The summed E-state index contributed by atoms with van der Waals surface area (Å²) >= 11 is 0. The fourth-order valence-electron chi connectivity index (χ4n) is 4.55. The first-order chi connectivity index (χ1) is 16.0. The lowest BCUT2D eigenvalue weighted by Crippen LogP contribution is -2.29. The highest BCUT2D eigenvalue weighted by molar-refractivity contribution is 6.46. The topological polar surface area (TPSA) is 95.8 Å². The Morgan fingerprint density at radius 3 is 2.61 bits per heavy atom. The Balaban J connectivity index is 1.77. The van der Waals surface area contributed by atoms with Gasteiger partial charge in [-0.25, -0.2) is 0 Å². The van der Waals surface area contributed by atoms with Crippen LogP contribution in [0.4, 0.5) is 0 Å². The molecule has 4 aromatic rings. The molecule has 7 nitrogen and oxygen atoms in total. The first-order valence-electron chi connectivity index (χ1n) is 10.5. The number of fused-ring (bicyclic) bond motifs is 1. The predicted molar refractivity (Wildman–Crippen MR) is 123 cm³/mol. The third-order valence-electron chi connectivity index (χ3n) is 6.03. The molecule has 1 saturated heterocycles. The van der Waals surface area contributed by atoms with Crippen molar-refractivity contribution in [2.45, 2.75) is 19.5 Å². The second-order valence-electron chi connectivity index (χ2n) is 7.92. The number of ether oxygens (including phenoxy) is 1. The summed E-state index contributed by atoms with van der Waals surface area (Å²) in [6.07, 6.45) is 1.52. The number of carbonyl (C=O) groups excluding carboxylic acids is 2. The standard InChI is InChI=1S/C26H22N2O5/c1-15-21(17-9-3-5-11-19(17)27-15)23-22(24(29)18-10-4-6-12-20(18)32-2)25(30)26(31)28(23)14-16-8-7-13-33-16/h3-13,23,27,29H,14H2,1-2H3/b24-22+. The van der Waals surface area contributed by atoms with Gasteiger partial charge in [0.25, 0.3) is 11.7 Å². The lowest BCUT2D eigenvalue weighted by atomic mass is 9.93. The number of furan rings is 1. The van der Waals surface area contributed by atoms with Crippen molar-refractivity contribution >= 4 is 28.4 Å². The van der Waals surface area contributed by atoms with Crippen molar-refractivity contribution in [2.24, 2.45) is 0 Å². The fourth-order valence-corrected chi connectivity index (χ4v) is 4.55. The van der Waals surface area contributed by atoms with E-state index in [4.69, 9.17) is 9.15 Å². The molecule has 7 heteroatoms. The molecule has 33 heavy (non-hydrogen) atoms. The minimum atomic E-state index is -0.809. The molecular formula is C26H22N2O5. The van der Waals surface area contributed by atoms with Gasteiger partial charge in [-0.15, -0.1) is 0 Å². The molecule has 0 radical (unpaired) electrons. The predicted octanol–water partition coefficient (Wildman–Crippen LogP) is 4.70. The van der Waals surface area contributed by atoms with Crippen molar-refractivity contribution < 1.29 is 23.8 Å². The number of methoxy groups -OCH3 is 1. The van der Waals surface area contributed by atoms with Gasteiger partial charge in [0, 0.05) is 22.2 Å². The molecule has 5 rings (SSSR count). The maximum absolute atomic E-state index is 13.3.